The summed E-state index contributed by atoms with van der Waals surface area (Å²) in [6, 6.07) is 6.97. The van der Waals surface area contributed by atoms with E-state index in [2.05, 4.69) is 10.9 Å². The van der Waals surface area contributed by atoms with Crippen molar-refractivity contribution in [2.24, 2.45) is 0 Å². The van der Waals surface area contributed by atoms with Crippen molar-refractivity contribution in [2.45, 2.75) is 109 Å². The van der Waals surface area contributed by atoms with Gasteiger partial charge in [-0.1, -0.05) is 30.3 Å². The molecule has 1 aromatic rings. The number of hydroxylamine groups is 4. The quantitative estimate of drug-likeness (QED) is 0.301. The van der Waals surface area contributed by atoms with Gasteiger partial charge in [0.1, 0.15) is 29.9 Å². The van der Waals surface area contributed by atoms with Gasteiger partial charge in [0, 0.05) is 27.2 Å². The number of carbonyl (C=O) groups is 6. The molecule has 18 nitrogen and oxygen atoms in total. The van der Waals surface area contributed by atoms with E-state index in [1.165, 1.54) is 29.0 Å². The lowest BCUT2D eigenvalue weighted by Crippen LogP contribution is -2.55. The normalized spacial score (nSPS) is 22.5. The van der Waals surface area contributed by atoms with Crippen molar-refractivity contribution in [1.29, 1.82) is 0 Å². The van der Waals surface area contributed by atoms with Gasteiger partial charge in [-0.2, -0.15) is 5.06 Å². The highest BCUT2D eigenvalue weighted by Crippen LogP contribution is 2.31. The predicted molar refractivity (Wildman–Crippen MR) is 179 cm³/mol. The summed E-state index contributed by atoms with van der Waals surface area (Å²) < 4.78 is 10.4. The largest absolute Gasteiger partial charge is 0.442 e. The van der Waals surface area contributed by atoms with E-state index in [1.54, 1.807) is 41.5 Å². The molecule has 0 saturated carbocycles. The maximum absolute atomic E-state index is 12.8. The molecule has 4 aliphatic heterocycles. The number of nitrogens with zero attached hydrogens (tertiary/aromatic N) is 6. The monoisotopic (exact) mass is 718 g/mol. The number of amides is 8. The lowest BCUT2D eigenvalue weighted by Gasteiger charge is -2.31. The van der Waals surface area contributed by atoms with Gasteiger partial charge in [-0.15, -0.1) is 0 Å². The number of rotatable bonds is 5. The summed E-state index contributed by atoms with van der Waals surface area (Å²) in [6.45, 7) is 11.4. The van der Waals surface area contributed by atoms with Crippen LogP contribution in [0.3, 0.4) is 0 Å². The molecule has 0 unspecified atom stereocenters. The van der Waals surface area contributed by atoms with Crippen LogP contribution in [-0.4, -0.2) is 134 Å². The molecule has 0 radical (unpaired) electrons. The second-order valence-corrected chi connectivity index (χ2v) is 14.8. The van der Waals surface area contributed by atoms with Crippen LogP contribution in [0.15, 0.2) is 30.3 Å². The zero-order chi connectivity index (χ0) is 37.8. The Morgan fingerprint density at radius 2 is 1.20 bits per heavy atom. The van der Waals surface area contributed by atoms with Crippen molar-refractivity contribution in [3.8, 4) is 0 Å². The molecule has 3 N–H and O–H groups in total. The number of nitrogens with one attached hydrogen (secondary N) is 2. The topological polar surface area (TPSA) is 194 Å². The van der Waals surface area contributed by atoms with E-state index < -0.39 is 53.3 Å². The van der Waals surface area contributed by atoms with Crippen molar-refractivity contribution in [3.63, 3.8) is 0 Å². The molecular weight excluding hydrogens is 668 g/mol. The third kappa shape index (κ3) is 9.90. The van der Waals surface area contributed by atoms with Crippen LogP contribution < -0.4 is 10.9 Å². The smallest absolute Gasteiger partial charge is 0.428 e. The number of piperidine rings is 2. The Hall–Kier alpha value is -4.84. The summed E-state index contributed by atoms with van der Waals surface area (Å²) >= 11 is 0. The second kappa shape index (κ2) is 15.6. The van der Waals surface area contributed by atoms with Crippen LogP contribution in [0.2, 0.25) is 0 Å². The zero-order valence-corrected chi connectivity index (χ0v) is 30.5. The number of hydrogen-bond donors (Lipinski definition) is 3. The molecule has 51 heavy (non-hydrogen) atoms. The summed E-state index contributed by atoms with van der Waals surface area (Å²) in [5.41, 5.74) is 4.55. The van der Waals surface area contributed by atoms with Gasteiger partial charge in [0.2, 0.25) is 0 Å². The second-order valence-electron chi connectivity index (χ2n) is 14.8. The zero-order valence-electron chi connectivity index (χ0n) is 30.5. The van der Waals surface area contributed by atoms with Crippen molar-refractivity contribution >= 4 is 36.1 Å². The SMILES string of the molecule is CN(NC(=O)[C@@H]1CC[C@@H]2CN1C(=O)N2O)C(=O)OC(C)(C)C.CN(NC(=O)[C@@H]1CC[C@@H]2CN1C(=O)N2OCc1ccccc1)C(=O)OC(C)(C)C. The fraction of sp³-hybridized carbons (Fsp3) is 0.636. The lowest BCUT2D eigenvalue weighted by atomic mass is 10.0. The molecule has 4 aliphatic rings. The Labute approximate surface area is 297 Å². The number of hydrogen-bond acceptors (Lipinski definition) is 10. The lowest BCUT2D eigenvalue weighted by molar-refractivity contribution is -0.140. The van der Waals surface area contributed by atoms with Gasteiger partial charge in [0.25, 0.3) is 11.8 Å². The Kier molecular flexibility index (Phi) is 11.9. The van der Waals surface area contributed by atoms with E-state index in [1.807, 2.05) is 30.3 Å². The van der Waals surface area contributed by atoms with Crippen LogP contribution in [0.4, 0.5) is 19.2 Å². The van der Waals surface area contributed by atoms with Crippen molar-refractivity contribution in [1.82, 2.24) is 40.8 Å². The third-order valence-electron chi connectivity index (χ3n) is 8.38. The number of urea groups is 2. The van der Waals surface area contributed by atoms with Crippen molar-refractivity contribution in [2.75, 3.05) is 27.2 Å². The van der Waals surface area contributed by atoms with E-state index in [9.17, 15) is 34.0 Å². The van der Waals surface area contributed by atoms with Crippen LogP contribution in [0.25, 0.3) is 0 Å². The molecule has 1 aromatic carbocycles. The van der Waals surface area contributed by atoms with Gasteiger partial charge in [0.05, 0.1) is 12.1 Å². The predicted octanol–water partition coefficient (Wildman–Crippen LogP) is 2.83. The molecule has 4 bridgehead atoms. The van der Waals surface area contributed by atoms with Crippen LogP contribution in [-0.2, 0) is 30.5 Å². The van der Waals surface area contributed by atoms with Crippen LogP contribution >= 0.6 is 0 Å². The highest BCUT2D eigenvalue weighted by atomic mass is 16.7. The molecule has 282 valence electrons. The Morgan fingerprint density at radius 3 is 1.69 bits per heavy atom. The molecule has 0 aliphatic carbocycles. The summed E-state index contributed by atoms with van der Waals surface area (Å²) in [4.78, 5) is 82.0. The highest BCUT2D eigenvalue weighted by molar-refractivity contribution is 5.90. The van der Waals surface area contributed by atoms with Crippen LogP contribution in [0, 0.1) is 0 Å². The molecule has 0 spiro atoms. The van der Waals surface area contributed by atoms with Crippen molar-refractivity contribution in [3.05, 3.63) is 35.9 Å². The first-order chi connectivity index (χ1) is 23.8. The summed E-state index contributed by atoms with van der Waals surface area (Å²) in [6.07, 6.45) is 0.751. The molecular formula is C33H50N8O10. The number of carbonyl (C=O) groups excluding carboxylic acids is 6. The number of ether oxygens (including phenoxy) is 2. The van der Waals surface area contributed by atoms with Gasteiger partial charge in [-0.3, -0.25) is 30.5 Å². The van der Waals surface area contributed by atoms with Gasteiger partial charge in [0.15, 0.2) is 0 Å². The maximum Gasteiger partial charge on any atom is 0.428 e. The molecule has 4 heterocycles. The minimum Gasteiger partial charge on any atom is -0.442 e. The summed E-state index contributed by atoms with van der Waals surface area (Å²) in [5.74, 6) is -0.898. The van der Waals surface area contributed by atoms with Gasteiger partial charge in [-0.05, 0) is 72.8 Å². The van der Waals surface area contributed by atoms with E-state index in [0.717, 1.165) is 15.6 Å². The molecule has 8 amide bonds. The molecule has 4 atom stereocenters. The minimum absolute atomic E-state index is 0.0844. The highest BCUT2D eigenvalue weighted by Gasteiger charge is 2.49. The first-order valence-electron chi connectivity index (χ1n) is 16.9. The van der Waals surface area contributed by atoms with Crippen LogP contribution in [0.1, 0.15) is 72.8 Å². The van der Waals surface area contributed by atoms with Gasteiger partial charge >= 0.3 is 24.2 Å². The third-order valence-corrected chi connectivity index (χ3v) is 8.38. The fourth-order valence-electron chi connectivity index (χ4n) is 5.94. The number of benzene rings is 1. The van der Waals surface area contributed by atoms with Crippen molar-refractivity contribution < 1.29 is 48.3 Å². The molecule has 18 heteroatoms. The first kappa shape index (κ1) is 39.0. The molecule has 4 saturated heterocycles. The van der Waals surface area contributed by atoms with E-state index >= 15 is 0 Å². The molecule has 0 aromatic heterocycles. The van der Waals surface area contributed by atoms with E-state index in [-0.39, 0.29) is 24.7 Å². The van der Waals surface area contributed by atoms with Gasteiger partial charge in [-0.25, -0.2) is 34.3 Å². The number of hydrazine groups is 2. The fourth-order valence-corrected chi connectivity index (χ4v) is 5.94. The summed E-state index contributed by atoms with van der Waals surface area (Å²) in [5, 5.41) is 13.6. The average molecular weight is 719 g/mol. The molecule has 4 fully saturated rings. The van der Waals surface area contributed by atoms with E-state index in [0.29, 0.717) is 43.8 Å². The van der Waals surface area contributed by atoms with Gasteiger partial charge < -0.3 is 19.3 Å². The first-order valence-corrected chi connectivity index (χ1v) is 16.9. The average Bonchev–Trinajstić information content (AvgIpc) is 3.41. The summed E-state index contributed by atoms with van der Waals surface area (Å²) in [7, 11) is 2.79. The minimum atomic E-state index is -0.703. The van der Waals surface area contributed by atoms with E-state index in [4.69, 9.17) is 14.3 Å². The standard InChI is InChI=1S/C20H28N4O5.C13H22N4O5/c1-20(2,3)29-19(27)22(4)21-17(25)16-11-10-15-12-23(16)18(26)24(15)28-13-14-8-6-5-7-9-14;1-13(2,3)22-12(20)15(4)14-10(18)9-6-5-8-7-16(9)11(19)17(8)21/h5-9,15-16H,10-13H2,1-4H3,(H,21,25);8-9,21H,5-7H2,1-4H3,(H,14,18)/t15-,16+;8-,9+/m11/s1. The van der Waals surface area contributed by atoms with Crippen LogP contribution in [0.5, 0.6) is 0 Å². The number of fused-ring (bicyclic) bond motifs is 4. The Balaban J connectivity index is 0.000000238. The molecule has 5 rings (SSSR count). The maximum atomic E-state index is 12.8. The Bertz CT molecular complexity index is 1470. The Morgan fingerprint density at radius 1 is 0.745 bits per heavy atom.